The van der Waals surface area contributed by atoms with Crippen molar-refractivity contribution in [2.24, 2.45) is 5.41 Å². The summed E-state index contributed by atoms with van der Waals surface area (Å²) in [6.45, 7) is 3.38. The third kappa shape index (κ3) is 2.17. The predicted octanol–water partition coefficient (Wildman–Crippen LogP) is 2.47. The van der Waals surface area contributed by atoms with Gasteiger partial charge in [-0.3, -0.25) is 9.88 Å². The van der Waals surface area contributed by atoms with Crippen molar-refractivity contribution in [2.75, 3.05) is 20.2 Å². The molecule has 1 aromatic heterocycles. The van der Waals surface area contributed by atoms with E-state index < -0.39 is 0 Å². The molecule has 0 bridgehead atoms. The smallest absolute Gasteiger partial charge is 0.0628 e. The maximum absolute atomic E-state index is 5.60. The van der Waals surface area contributed by atoms with Crippen molar-refractivity contribution in [1.29, 1.82) is 0 Å². The monoisotopic (exact) mass is 246 g/mol. The SMILES string of the molecule is COC1CCC12CCN(Cc1ccccn1)CC2. The molecule has 0 amide bonds. The van der Waals surface area contributed by atoms with E-state index >= 15 is 0 Å². The number of methoxy groups -OCH3 is 1. The van der Waals surface area contributed by atoms with Crippen molar-refractivity contribution in [3.05, 3.63) is 30.1 Å². The van der Waals surface area contributed by atoms with Crippen molar-refractivity contribution in [2.45, 2.75) is 38.3 Å². The van der Waals surface area contributed by atoms with Gasteiger partial charge in [-0.15, -0.1) is 0 Å². The van der Waals surface area contributed by atoms with Gasteiger partial charge in [-0.2, -0.15) is 0 Å². The Kier molecular flexibility index (Phi) is 3.35. The van der Waals surface area contributed by atoms with E-state index in [4.69, 9.17) is 4.74 Å². The van der Waals surface area contributed by atoms with Crippen LogP contribution in [0.25, 0.3) is 0 Å². The van der Waals surface area contributed by atoms with Crippen molar-refractivity contribution >= 4 is 0 Å². The Bertz CT molecular complexity index is 383. The van der Waals surface area contributed by atoms with E-state index in [0.29, 0.717) is 11.5 Å². The Hall–Kier alpha value is -0.930. The summed E-state index contributed by atoms with van der Waals surface area (Å²) in [5, 5.41) is 0. The molecule has 98 valence electrons. The fourth-order valence-corrected chi connectivity index (χ4v) is 3.49. The van der Waals surface area contributed by atoms with E-state index in [1.165, 1.54) is 44.5 Å². The Morgan fingerprint density at radius 2 is 2.17 bits per heavy atom. The van der Waals surface area contributed by atoms with Crippen molar-refractivity contribution in [3.8, 4) is 0 Å². The Labute approximate surface area is 109 Å². The molecule has 1 atom stereocenters. The van der Waals surface area contributed by atoms with Crippen LogP contribution in [0.2, 0.25) is 0 Å². The number of likely N-dealkylation sites (tertiary alicyclic amines) is 1. The highest BCUT2D eigenvalue weighted by Gasteiger charge is 2.48. The van der Waals surface area contributed by atoms with Gasteiger partial charge in [-0.25, -0.2) is 0 Å². The number of nitrogens with zero attached hydrogens (tertiary/aromatic N) is 2. The van der Waals surface area contributed by atoms with Crippen LogP contribution in [0, 0.1) is 5.41 Å². The van der Waals surface area contributed by atoms with E-state index in [-0.39, 0.29) is 0 Å². The molecule has 1 unspecified atom stereocenters. The maximum Gasteiger partial charge on any atom is 0.0628 e. The molecule has 1 saturated carbocycles. The van der Waals surface area contributed by atoms with Crippen LogP contribution in [0.4, 0.5) is 0 Å². The average Bonchev–Trinajstić information content (AvgIpc) is 2.40. The first-order chi connectivity index (χ1) is 8.82. The summed E-state index contributed by atoms with van der Waals surface area (Å²) in [6.07, 6.45) is 7.61. The van der Waals surface area contributed by atoms with Crippen LogP contribution >= 0.6 is 0 Å². The molecule has 0 aromatic carbocycles. The quantitative estimate of drug-likeness (QED) is 0.819. The van der Waals surface area contributed by atoms with Gasteiger partial charge < -0.3 is 4.74 Å². The molecule has 3 nitrogen and oxygen atoms in total. The molecule has 2 heterocycles. The molecule has 1 aliphatic carbocycles. The fraction of sp³-hybridized carbons (Fsp3) is 0.667. The number of hydrogen-bond acceptors (Lipinski definition) is 3. The van der Waals surface area contributed by atoms with E-state index in [2.05, 4.69) is 22.0 Å². The topological polar surface area (TPSA) is 25.4 Å². The van der Waals surface area contributed by atoms with E-state index in [9.17, 15) is 0 Å². The van der Waals surface area contributed by atoms with Crippen LogP contribution < -0.4 is 0 Å². The first-order valence-corrected chi connectivity index (χ1v) is 6.97. The van der Waals surface area contributed by atoms with Gasteiger partial charge in [0.15, 0.2) is 0 Å². The van der Waals surface area contributed by atoms with Crippen LogP contribution in [-0.4, -0.2) is 36.2 Å². The lowest BCUT2D eigenvalue weighted by atomic mass is 9.61. The molecule has 18 heavy (non-hydrogen) atoms. The van der Waals surface area contributed by atoms with Crippen molar-refractivity contribution < 1.29 is 4.74 Å². The standard InChI is InChI=1S/C15H22N2O/c1-18-14-5-6-15(14)7-10-17(11-8-15)12-13-4-2-3-9-16-13/h2-4,9,14H,5-8,10-12H2,1H3. The summed E-state index contributed by atoms with van der Waals surface area (Å²) in [5.41, 5.74) is 1.69. The van der Waals surface area contributed by atoms with E-state index in [0.717, 1.165) is 6.54 Å². The maximum atomic E-state index is 5.60. The molecule has 1 aromatic rings. The van der Waals surface area contributed by atoms with Crippen molar-refractivity contribution in [1.82, 2.24) is 9.88 Å². The number of aromatic nitrogens is 1. The van der Waals surface area contributed by atoms with Gasteiger partial charge in [0, 0.05) is 19.9 Å². The van der Waals surface area contributed by atoms with Gasteiger partial charge in [0.25, 0.3) is 0 Å². The summed E-state index contributed by atoms with van der Waals surface area (Å²) >= 11 is 0. The molecular formula is C15H22N2O. The van der Waals surface area contributed by atoms with Crippen LogP contribution in [-0.2, 0) is 11.3 Å². The molecule has 3 heteroatoms. The van der Waals surface area contributed by atoms with Gasteiger partial charge in [-0.05, 0) is 56.3 Å². The second kappa shape index (κ2) is 4.98. The number of pyridine rings is 1. The van der Waals surface area contributed by atoms with Gasteiger partial charge in [-0.1, -0.05) is 6.07 Å². The third-order valence-electron chi connectivity index (χ3n) is 4.84. The summed E-state index contributed by atoms with van der Waals surface area (Å²) in [5.74, 6) is 0. The molecule has 1 saturated heterocycles. The van der Waals surface area contributed by atoms with Crippen molar-refractivity contribution in [3.63, 3.8) is 0 Å². The minimum atomic E-state index is 0.509. The number of ether oxygens (including phenoxy) is 1. The number of rotatable bonds is 3. The Balaban J connectivity index is 1.54. The molecule has 3 rings (SSSR count). The highest BCUT2D eigenvalue weighted by Crippen LogP contribution is 2.50. The lowest BCUT2D eigenvalue weighted by molar-refractivity contribution is -0.120. The zero-order valence-electron chi connectivity index (χ0n) is 11.1. The summed E-state index contributed by atoms with van der Waals surface area (Å²) in [6, 6.07) is 6.17. The molecule has 1 aliphatic heterocycles. The van der Waals surface area contributed by atoms with Crippen LogP contribution in [0.15, 0.2) is 24.4 Å². The first-order valence-electron chi connectivity index (χ1n) is 6.97. The fourth-order valence-electron chi connectivity index (χ4n) is 3.49. The third-order valence-corrected chi connectivity index (χ3v) is 4.84. The highest BCUT2D eigenvalue weighted by atomic mass is 16.5. The van der Waals surface area contributed by atoms with Gasteiger partial charge in [0.05, 0.1) is 11.8 Å². The zero-order valence-corrected chi connectivity index (χ0v) is 11.1. The first kappa shape index (κ1) is 12.1. The normalized spacial score (nSPS) is 27.1. The van der Waals surface area contributed by atoms with Gasteiger partial charge in [0.2, 0.25) is 0 Å². The molecule has 0 radical (unpaired) electrons. The van der Waals surface area contributed by atoms with Crippen LogP contribution in [0.1, 0.15) is 31.4 Å². The second-order valence-corrected chi connectivity index (χ2v) is 5.72. The largest absolute Gasteiger partial charge is 0.381 e. The average molecular weight is 246 g/mol. The molecule has 2 aliphatic rings. The molecule has 0 N–H and O–H groups in total. The number of hydrogen-bond donors (Lipinski definition) is 0. The zero-order chi connectivity index (χ0) is 12.4. The molecule has 2 fully saturated rings. The van der Waals surface area contributed by atoms with Gasteiger partial charge in [0.1, 0.15) is 0 Å². The summed E-state index contributed by atoms with van der Waals surface area (Å²) < 4.78 is 5.60. The second-order valence-electron chi connectivity index (χ2n) is 5.72. The highest BCUT2D eigenvalue weighted by molar-refractivity contribution is 5.05. The summed E-state index contributed by atoms with van der Waals surface area (Å²) in [4.78, 5) is 6.93. The van der Waals surface area contributed by atoms with Crippen LogP contribution in [0.5, 0.6) is 0 Å². The Morgan fingerprint density at radius 3 is 2.72 bits per heavy atom. The van der Waals surface area contributed by atoms with Gasteiger partial charge >= 0.3 is 0 Å². The van der Waals surface area contributed by atoms with E-state index in [1.54, 1.807) is 0 Å². The summed E-state index contributed by atoms with van der Waals surface area (Å²) in [7, 11) is 1.87. The molecular weight excluding hydrogens is 224 g/mol. The lowest BCUT2D eigenvalue weighted by Crippen LogP contribution is -2.52. The molecule has 1 spiro atoms. The van der Waals surface area contributed by atoms with E-state index in [1.807, 2.05) is 19.4 Å². The van der Waals surface area contributed by atoms with Crippen LogP contribution in [0.3, 0.4) is 0 Å². The Morgan fingerprint density at radius 1 is 1.33 bits per heavy atom. The predicted molar refractivity (Wildman–Crippen MR) is 71.2 cm³/mol. The minimum absolute atomic E-state index is 0.509. The minimum Gasteiger partial charge on any atom is -0.381 e. The number of piperidine rings is 1. The lowest BCUT2D eigenvalue weighted by Gasteiger charge is -2.53.